The molecule has 0 spiro atoms. The van der Waals surface area contributed by atoms with Gasteiger partial charge in [-0.25, -0.2) is 17.5 Å². The molecule has 0 radical (unpaired) electrons. The SMILES string of the molecule is Nc1cc(S(=O)(=O)NCCC2=CCCC2)c(F)cc1Br. The van der Waals surface area contributed by atoms with Crippen molar-refractivity contribution in [2.45, 2.75) is 30.6 Å². The fourth-order valence-corrected chi connectivity index (χ4v) is 3.58. The van der Waals surface area contributed by atoms with Crippen LogP contribution < -0.4 is 10.5 Å². The highest BCUT2D eigenvalue weighted by Gasteiger charge is 2.20. The molecule has 0 amide bonds. The summed E-state index contributed by atoms with van der Waals surface area (Å²) in [6.45, 7) is 0.267. The smallest absolute Gasteiger partial charge is 0.243 e. The number of nitrogens with two attached hydrogens (primary N) is 1. The molecule has 4 nitrogen and oxygen atoms in total. The zero-order valence-corrected chi connectivity index (χ0v) is 13.2. The second-order valence-electron chi connectivity index (χ2n) is 4.71. The Morgan fingerprint density at radius 2 is 2.15 bits per heavy atom. The normalized spacial score (nSPS) is 15.4. The van der Waals surface area contributed by atoms with Crippen molar-refractivity contribution >= 4 is 31.6 Å². The van der Waals surface area contributed by atoms with E-state index < -0.39 is 20.7 Å². The molecule has 1 aromatic carbocycles. The van der Waals surface area contributed by atoms with Crippen LogP contribution in [0, 0.1) is 5.82 Å². The molecule has 7 heteroatoms. The van der Waals surface area contributed by atoms with Gasteiger partial charge in [0.1, 0.15) is 10.7 Å². The number of hydrogen-bond donors (Lipinski definition) is 2. The average Bonchev–Trinajstić information content (AvgIpc) is 2.86. The number of hydrogen-bond acceptors (Lipinski definition) is 3. The Bertz CT molecular complexity index is 644. The summed E-state index contributed by atoms with van der Waals surface area (Å²) in [5.74, 6) is -0.821. The summed E-state index contributed by atoms with van der Waals surface area (Å²) >= 11 is 3.06. The van der Waals surface area contributed by atoms with Crippen LogP contribution in [0.15, 0.2) is 33.2 Å². The van der Waals surface area contributed by atoms with Crippen LogP contribution in [0.4, 0.5) is 10.1 Å². The standard InChI is InChI=1S/C13H16BrFN2O2S/c14-10-7-11(15)13(8-12(10)16)20(18,19)17-6-5-9-3-1-2-4-9/h3,7-8,17H,1-2,4-6,16H2. The van der Waals surface area contributed by atoms with Gasteiger partial charge in [-0.2, -0.15) is 0 Å². The minimum absolute atomic E-state index is 0.185. The molecular weight excluding hydrogens is 347 g/mol. The first-order valence-corrected chi connectivity index (χ1v) is 8.60. The zero-order valence-electron chi connectivity index (χ0n) is 10.8. The third-order valence-corrected chi connectivity index (χ3v) is 5.38. The van der Waals surface area contributed by atoms with Crippen LogP contribution in [0.3, 0.4) is 0 Å². The lowest BCUT2D eigenvalue weighted by Gasteiger charge is -2.09. The maximum atomic E-state index is 13.7. The van der Waals surface area contributed by atoms with Crippen LogP contribution in [0.5, 0.6) is 0 Å². The van der Waals surface area contributed by atoms with E-state index in [9.17, 15) is 12.8 Å². The summed E-state index contributed by atoms with van der Waals surface area (Å²) < 4.78 is 40.6. The first-order chi connectivity index (χ1) is 9.40. The number of halogens is 2. The van der Waals surface area contributed by atoms with E-state index in [0.717, 1.165) is 31.4 Å². The number of nitrogen functional groups attached to an aromatic ring is 1. The molecule has 2 rings (SSSR count). The predicted octanol–water partition coefficient (Wildman–Crippen LogP) is 2.95. The van der Waals surface area contributed by atoms with Crippen LogP contribution in [0.25, 0.3) is 0 Å². The Hall–Kier alpha value is -0.920. The van der Waals surface area contributed by atoms with Crippen LogP contribution >= 0.6 is 15.9 Å². The number of benzene rings is 1. The van der Waals surface area contributed by atoms with Crippen molar-refractivity contribution in [3.63, 3.8) is 0 Å². The summed E-state index contributed by atoms with van der Waals surface area (Å²) in [5.41, 5.74) is 7.04. The molecule has 3 N–H and O–H groups in total. The van der Waals surface area contributed by atoms with Gasteiger partial charge in [-0.05, 0) is 53.7 Å². The molecular formula is C13H16BrFN2O2S. The van der Waals surface area contributed by atoms with Gasteiger partial charge in [0, 0.05) is 16.7 Å². The van der Waals surface area contributed by atoms with Gasteiger partial charge in [0.25, 0.3) is 0 Å². The highest BCUT2D eigenvalue weighted by Crippen LogP contribution is 2.26. The molecule has 0 saturated heterocycles. The number of sulfonamides is 1. The Labute approximate surface area is 126 Å². The van der Waals surface area contributed by atoms with Crippen molar-refractivity contribution in [1.29, 1.82) is 0 Å². The lowest BCUT2D eigenvalue weighted by molar-refractivity contribution is 0.556. The average molecular weight is 363 g/mol. The zero-order chi connectivity index (χ0) is 14.8. The van der Waals surface area contributed by atoms with E-state index in [2.05, 4.69) is 26.7 Å². The third-order valence-electron chi connectivity index (χ3n) is 3.21. The van der Waals surface area contributed by atoms with Crippen molar-refractivity contribution in [3.8, 4) is 0 Å². The van der Waals surface area contributed by atoms with E-state index in [-0.39, 0.29) is 12.2 Å². The van der Waals surface area contributed by atoms with Gasteiger partial charge in [-0.1, -0.05) is 11.6 Å². The highest BCUT2D eigenvalue weighted by atomic mass is 79.9. The molecule has 1 aliphatic rings. The summed E-state index contributed by atoms with van der Waals surface area (Å²) in [6.07, 6.45) is 5.99. The number of anilines is 1. The van der Waals surface area contributed by atoms with Crippen molar-refractivity contribution < 1.29 is 12.8 Å². The monoisotopic (exact) mass is 362 g/mol. The molecule has 0 bridgehead atoms. The van der Waals surface area contributed by atoms with Gasteiger partial charge in [-0.15, -0.1) is 0 Å². The lowest BCUT2D eigenvalue weighted by atomic mass is 10.2. The third kappa shape index (κ3) is 3.59. The first kappa shape index (κ1) is 15.5. The van der Waals surface area contributed by atoms with Gasteiger partial charge < -0.3 is 5.73 Å². The van der Waals surface area contributed by atoms with Crippen molar-refractivity contribution in [1.82, 2.24) is 4.72 Å². The molecule has 110 valence electrons. The van der Waals surface area contributed by atoms with E-state index in [1.807, 2.05) is 0 Å². The van der Waals surface area contributed by atoms with Gasteiger partial charge in [0.05, 0.1) is 0 Å². The van der Waals surface area contributed by atoms with E-state index >= 15 is 0 Å². The largest absolute Gasteiger partial charge is 0.398 e. The van der Waals surface area contributed by atoms with Crippen molar-refractivity contribution in [3.05, 3.63) is 34.1 Å². The van der Waals surface area contributed by atoms with Crippen molar-refractivity contribution in [2.75, 3.05) is 12.3 Å². The first-order valence-electron chi connectivity index (χ1n) is 6.32. The Balaban J connectivity index is 2.08. The number of allylic oxidation sites excluding steroid dienone is 1. The number of nitrogens with one attached hydrogen (secondary N) is 1. The Kier molecular flexibility index (Phi) is 4.82. The molecule has 0 heterocycles. The van der Waals surface area contributed by atoms with Crippen LogP contribution in [-0.4, -0.2) is 15.0 Å². The van der Waals surface area contributed by atoms with E-state index in [4.69, 9.17) is 5.73 Å². The van der Waals surface area contributed by atoms with Crippen LogP contribution in [0.1, 0.15) is 25.7 Å². The number of rotatable bonds is 5. The maximum absolute atomic E-state index is 13.7. The van der Waals surface area contributed by atoms with Gasteiger partial charge >= 0.3 is 0 Å². The Morgan fingerprint density at radius 1 is 1.40 bits per heavy atom. The fourth-order valence-electron chi connectivity index (χ4n) is 2.14. The summed E-state index contributed by atoms with van der Waals surface area (Å²) in [5, 5.41) is 0. The van der Waals surface area contributed by atoms with Crippen molar-refractivity contribution in [2.24, 2.45) is 0 Å². The molecule has 1 aromatic rings. The molecule has 0 saturated carbocycles. The molecule has 0 aliphatic heterocycles. The van der Waals surface area contributed by atoms with E-state index in [1.165, 1.54) is 5.57 Å². The lowest BCUT2D eigenvalue weighted by Crippen LogP contribution is -2.26. The molecule has 0 unspecified atom stereocenters. The van der Waals surface area contributed by atoms with Gasteiger partial charge in [0.2, 0.25) is 10.0 Å². The molecule has 20 heavy (non-hydrogen) atoms. The minimum atomic E-state index is -3.87. The van der Waals surface area contributed by atoms with Gasteiger partial charge in [-0.3, -0.25) is 0 Å². The van der Waals surface area contributed by atoms with Crippen LogP contribution in [-0.2, 0) is 10.0 Å². The highest BCUT2D eigenvalue weighted by molar-refractivity contribution is 9.10. The minimum Gasteiger partial charge on any atom is -0.398 e. The second kappa shape index (κ2) is 6.24. The predicted molar refractivity (Wildman–Crippen MR) is 80.3 cm³/mol. The molecule has 0 atom stereocenters. The topological polar surface area (TPSA) is 72.2 Å². The van der Waals surface area contributed by atoms with E-state index in [1.54, 1.807) is 0 Å². The summed E-state index contributed by atoms with van der Waals surface area (Å²) in [7, 11) is -3.87. The molecule has 0 fully saturated rings. The quantitative estimate of drug-likeness (QED) is 0.624. The summed E-state index contributed by atoms with van der Waals surface area (Å²) in [6, 6.07) is 2.18. The summed E-state index contributed by atoms with van der Waals surface area (Å²) in [4.78, 5) is -0.418. The molecule has 1 aliphatic carbocycles. The molecule has 0 aromatic heterocycles. The van der Waals surface area contributed by atoms with Crippen LogP contribution in [0.2, 0.25) is 0 Å². The Morgan fingerprint density at radius 3 is 2.80 bits per heavy atom. The maximum Gasteiger partial charge on any atom is 0.243 e. The van der Waals surface area contributed by atoms with Gasteiger partial charge in [0.15, 0.2) is 0 Å². The second-order valence-corrected chi connectivity index (χ2v) is 7.30. The fraction of sp³-hybridized carbons (Fsp3) is 0.385. The van der Waals surface area contributed by atoms with E-state index in [0.29, 0.717) is 10.9 Å².